The number of hydrogen-bond acceptors (Lipinski definition) is 4. The molecular formula is C21H22Cl2N4O2. The largest absolute Gasteiger partial charge is 0.443 e. The number of anilines is 1. The third-order valence-corrected chi connectivity index (χ3v) is 5.02. The van der Waals surface area contributed by atoms with E-state index in [9.17, 15) is 4.79 Å². The number of carbonyl (C=O) groups is 1. The van der Waals surface area contributed by atoms with E-state index >= 15 is 0 Å². The first-order chi connectivity index (χ1) is 13.7. The Kier molecular flexibility index (Phi) is 5.17. The summed E-state index contributed by atoms with van der Waals surface area (Å²) in [5.74, 6) is 0.954. The molecule has 0 radical (unpaired) electrons. The van der Waals surface area contributed by atoms with Crippen LogP contribution in [0.4, 0.5) is 10.6 Å². The van der Waals surface area contributed by atoms with Crippen LogP contribution in [-0.2, 0) is 11.3 Å². The number of rotatable bonds is 4. The normalized spacial score (nSPS) is 14.2. The lowest BCUT2D eigenvalue weighted by Crippen LogP contribution is -2.37. The van der Waals surface area contributed by atoms with Crippen LogP contribution in [0.1, 0.15) is 50.7 Å². The molecule has 1 aromatic carbocycles. The maximum Gasteiger partial charge on any atom is 0.416 e. The van der Waals surface area contributed by atoms with Gasteiger partial charge in [0.25, 0.3) is 0 Å². The summed E-state index contributed by atoms with van der Waals surface area (Å²) in [5.41, 5.74) is 1.94. The third-order valence-electron chi connectivity index (χ3n) is 4.59. The fourth-order valence-electron chi connectivity index (χ4n) is 3.18. The highest BCUT2D eigenvalue weighted by Crippen LogP contribution is 2.42. The Morgan fingerprint density at radius 3 is 2.69 bits per heavy atom. The zero-order valence-corrected chi connectivity index (χ0v) is 18.0. The number of fused-ring (bicyclic) bond motifs is 1. The van der Waals surface area contributed by atoms with Crippen molar-refractivity contribution in [1.29, 1.82) is 0 Å². The highest BCUT2D eigenvalue weighted by molar-refractivity contribution is 6.30. The first-order valence-electron chi connectivity index (χ1n) is 9.50. The molecule has 1 saturated carbocycles. The minimum absolute atomic E-state index is 0.254. The van der Waals surface area contributed by atoms with Gasteiger partial charge in [0.1, 0.15) is 16.6 Å². The first kappa shape index (κ1) is 20.0. The SMILES string of the molecule is CC(C)(C)OC(=O)N(Cc1cccc(Cl)c1)c1cc(Cl)nc2c(C3CC3)cnn12. The molecule has 1 fully saturated rings. The number of amides is 1. The smallest absolute Gasteiger partial charge is 0.416 e. The summed E-state index contributed by atoms with van der Waals surface area (Å²) in [5, 5.41) is 5.40. The number of benzene rings is 1. The Morgan fingerprint density at radius 2 is 2.03 bits per heavy atom. The number of ether oxygens (including phenoxy) is 1. The summed E-state index contributed by atoms with van der Waals surface area (Å²) in [6.07, 6.45) is 3.54. The van der Waals surface area contributed by atoms with Crippen molar-refractivity contribution in [1.82, 2.24) is 14.6 Å². The number of carbonyl (C=O) groups excluding carboxylic acids is 1. The maximum absolute atomic E-state index is 13.1. The van der Waals surface area contributed by atoms with E-state index in [1.54, 1.807) is 16.6 Å². The second-order valence-corrected chi connectivity index (χ2v) is 9.07. The Hall–Kier alpha value is -2.31. The zero-order chi connectivity index (χ0) is 20.8. The predicted octanol–water partition coefficient (Wildman–Crippen LogP) is 5.86. The molecule has 1 aliphatic rings. The van der Waals surface area contributed by atoms with Crippen LogP contribution in [0.15, 0.2) is 36.5 Å². The monoisotopic (exact) mass is 432 g/mol. The molecule has 0 spiro atoms. The van der Waals surface area contributed by atoms with E-state index in [1.165, 1.54) is 4.90 Å². The molecule has 8 heteroatoms. The van der Waals surface area contributed by atoms with Gasteiger partial charge in [0.15, 0.2) is 5.65 Å². The van der Waals surface area contributed by atoms with Crippen molar-refractivity contribution >= 4 is 40.8 Å². The van der Waals surface area contributed by atoms with E-state index in [0.29, 0.717) is 27.6 Å². The first-order valence-corrected chi connectivity index (χ1v) is 10.3. The lowest BCUT2D eigenvalue weighted by atomic mass is 10.2. The van der Waals surface area contributed by atoms with Crippen molar-refractivity contribution < 1.29 is 9.53 Å². The summed E-state index contributed by atoms with van der Waals surface area (Å²) in [6, 6.07) is 8.99. The Balaban J connectivity index is 1.80. The molecule has 152 valence electrons. The summed E-state index contributed by atoms with van der Waals surface area (Å²) < 4.78 is 7.32. The Bertz CT molecular complexity index is 1070. The van der Waals surface area contributed by atoms with Crippen molar-refractivity contribution in [2.45, 2.75) is 51.7 Å². The van der Waals surface area contributed by atoms with E-state index in [2.05, 4.69) is 10.1 Å². The second kappa shape index (κ2) is 7.50. The number of nitrogens with zero attached hydrogens (tertiary/aromatic N) is 4. The van der Waals surface area contributed by atoms with E-state index in [1.807, 2.05) is 45.2 Å². The lowest BCUT2D eigenvalue weighted by molar-refractivity contribution is 0.0575. The van der Waals surface area contributed by atoms with Crippen LogP contribution >= 0.6 is 23.2 Å². The van der Waals surface area contributed by atoms with Gasteiger partial charge in [-0.05, 0) is 57.2 Å². The Labute approximate surface area is 179 Å². The van der Waals surface area contributed by atoms with Gasteiger partial charge in [-0.25, -0.2) is 9.78 Å². The fourth-order valence-corrected chi connectivity index (χ4v) is 3.57. The van der Waals surface area contributed by atoms with Crippen molar-refractivity contribution in [3.63, 3.8) is 0 Å². The minimum Gasteiger partial charge on any atom is -0.443 e. The van der Waals surface area contributed by atoms with Crippen LogP contribution < -0.4 is 4.90 Å². The van der Waals surface area contributed by atoms with Crippen LogP contribution in [0, 0.1) is 0 Å². The third kappa shape index (κ3) is 4.49. The van der Waals surface area contributed by atoms with Crippen molar-refractivity contribution in [2.75, 3.05) is 4.90 Å². The summed E-state index contributed by atoms with van der Waals surface area (Å²) in [4.78, 5) is 19.1. The molecule has 6 nitrogen and oxygen atoms in total. The highest BCUT2D eigenvalue weighted by Gasteiger charge is 2.31. The van der Waals surface area contributed by atoms with Crippen molar-refractivity contribution in [3.05, 3.63) is 57.8 Å². The van der Waals surface area contributed by atoms with Crippen molar-refractivity contribution in [2.24, 2.45) is 0 Å². The molecule has 4 rings (SSSR count). The molecule has 2 heterocycles. The molecule has 0 aliphatic heterocycles. The fraction of sp³-hybridized carbons (Fsp3) is 0.381. The van der Waals surface area contributed by atoms with E-state index in [0.717, 1.165) is 24.0 Å². The minimum atomic E-state index is -0.650. The topological polar surface area (TPSA) is 59.7 Å². The molecular weight excluding hydrogens is 411 g/mol. The maximum atomic E-state index is 13.1. The molecule has 0 saturated heterocycles. The molecule has 1 aliphatic carbocycles. The van der Waals surface area contributed by atoms with E-state index < -0.39 is 11.7 Å². The second-order valence-electron chi connectivity index (χ2n) is 8.24. The summed E-state index contributed by atoms with van der Waals surface area (Å²) >= 11 is 12.5. The molecule has 0 unspecified atom stereocenters. The average molecular weight is 433 g/mol. The number of aromatic nitrogens is 3. The van der Waals surface area contributed by atoms with Crippen LogP contribution in [0.5, 0.6) is 0 Å². The molecule has 29 heavy (non-hydrogen) atoms. The molecule has 0 N–H and O–H groups in total. The molecule has 0 atom stereocenters. The standard InChI is InChI=1S/C21H22Cl2N4O2/c1-21(2,3)29-20(28)26(12-13-5-4-6-15(22)9-13)18-10-17(23)25-19-16(14-7-8-14)11-24-27(18)19/h4-6,9-11,14H,7-8,12H2,1-3H3. The summed E-state index contributed by atoms with van der Waals surface area (Å²) in [6.45, 7) is 5.74. The van der Waals surface area contributed by atoms with Gasteiger partial charge in [-0.2, -0.15) is 9.61 Å². The Morgan fingerprint density at radius 1 is 1.28 bits per heavy atom. The lowest BCUT2D eigenvalue weighted by Gasteiger charge is -2.27. The number of halogens is 2. The van der Waals surface area contributed by atoms with Gasteiger partial charge in [-0.15, -0.1) is 0 Å². The highest BCUT2D eigenvalue weighted by atomic mass is 35.5. The van der Waals surface area contributed by atoms with Gasteiger partial charge in [0.05, 0.1) is 12.7 Å². The molecule has 3 aromatic rings. The van der Waals surface area contributed by atoms with Gasteiger partial charge < -0.3 is 4.74 Å². The number of hydrogen-bond donors (Lipinski definition) is 0. The van der Waals surface area contributed by atoms with Crippen LogP contribution in [0.2, 0.25) is 10.2 Å². The van der Waals surface area contributed by atoms with E-state index in [-0.39, 0.29) is 6.54 Å². The van der Waals surface area contributed by atoms with Crippen molar-refractivity contribution in [3.8, 4) is 0 Å². The zero-order valence-electron chi connectivity index (χ0n) is 16.5. The van der Waals surface area contributed by atoms with Gasteiger partial charge in [0, 0.05) is 16.7 Å². The van der Waals surface area contributed by atoms with Crippen LogP contribution in [0.3, 0.4) is 0 Å². The van der Waals surface area contributed by atoms with Crippen LogP contribution in [-0.4, -0.2) is 26.3 Å². The van der Waals surface area contributed by atoms with Crippen LogP contribution in [0.25, 0.3) is 5.65 Å². The van der Waals surface area contributed by atoms with Gasteiger partial charge in [-0.1, -0.05) is 35.3 Å². The average Bonchev–Trinajstić information content (AvgIpc) is 3.37. The predicted molar refractivity (Wildman–Crippen MR) is 114 cm³/mol. The molecule has 0 bridgehead atoms. The summed E-state index contributed by atoms with van der Waals surface area (Å²) in [7, 11) is 0. The molecule has 1 amide bonds. The van der Waals surface area contributed by atoms with Gasteiger partial charge in [0.2, 0.25) is 0 Å². The van der Waals surface area contributed by atoms with E-state index in [4.69, 9.17) is 27.9 Å². The van der Waals surface area contributed by atoms with Gasteiger partial charge in [-0.3, -0.25) is 4.90 Å². The van der Waals surface area contributed by atoms with Gasteiger partial charge >= 0.3 is 6.09 Å². The molecule has 2 aromatic heterocycles. The quantitative estimate of drug-likeness (QED) is 0.484.